The van der Waals surface area contributed by atoms with Crippen LogP contribution in [0.15, 0.2) is 39.3 Å². The molecule has 50 heavy (non-hydrogen) atoms. The fraction of sp³-hybridized carbons (Fsp3) is 0.632. The minimum Gasteiger partial charge on any atom is -0.491 e. The summed E-state index contributed by atoms with van der Waals surface area (Å²) in [6.07, 6.45) is 8.37. The number of fused-ring (bicyclic) bond motifs is 2. The Balaban J connectivity index is 2.25. The van der Waals surface area contributed by atoms with E-state index in [1.54, 1.807) is 41.5 Å². The molecule has 0 fully saturated rings. The summed E-state index contributed by atoms with van der Waals surface area (Å²) in [6, 6.07) is 2.10. The minimum absolute atomic E-state index is 0.0620. The topological polar surface area (TPSA) is 99.2 Å². The van der Waals surface area contributed by atoms with Gasteiger partial charge >= 0.3 is 11.9 Å². The minimum atomic E-state index is -0.768. The number of carbonyl (C=O) groups is 2. The third kappa shape index (κ3) is 11.3. The molecule has 2 atom stereocenters. The van der Waals surface area contributed by atoms with Crippen molar-refractivity contribution in [3.8, 4) is 17.6 Å². The van der Waals surface area contributed by atoms with Gasteiger partial charge in [-0.25, -0.2) is 9.64 Å². The fourth-order valence-electron chi connectivity index (χ4n) is 5.07. The third-order valence-electron chi connectivity index (χ3n) is 7.85. The molecule has 2 heterocycles. The normalized spacial score (nSPS) is 15.0. The number of esters is 2. The molecular weight excluding hydrogens is 709 g/mol. The third-order valence-corrected chi connectivity index (χ3v) is 13.0. The number of unbranched alkanes of at least 4 members (excludes halogenated alkanes) is 2. The molecule has 3 rings (SSSR count). The highest BCUT2D eigenvalue weighted by Crippen LogP contribution is 2.68. The number of benzene rings is 1. The molecule has 0 spiro atoms. The molecule has 0 aliphatic carbocycles. The Kier molecular flexibility index (Phi) is 15.9. The molecular formula is C38H52N2O6S4. The first-order valence-electron chi connectivity index (χ1n) is 17.5. The van der Waals surface area contributed by atoms with Gasteiger partial charge in [-0.15, -0.1) is 0 Å². The largest absolute Gasteiger partial charge is 0.491 e. The summed E-state index contributed by atoms with van der Waals surface area (Å²) in [4.78, 5) is 33.2. The van der Waals surface area contributed by atoms with Crippen LogP contribution in [-0.4, -0.2) is 36.4 Å². The van der Waals surface area contributed by atoms with E-state index < -0.39 is 23.1 Å². The van der Waals surface area contributed by atoms with Crippen LogP contribution < -0.4 is 9.47 Å². The van der Waals surface area contributed by atoms with E-state index in [-0.39, 0.29) is 11.3 Å². The average Bonchev–Trinajstić information content (AvgIpc) is 3.66. The number of rotatable bonds is 16. The Labute approximate surface area is 316 Å². The Morgan fingerprint density at radius 1 is 0.720 bits per heavy atom. The van der Waals surface area contributed by atoms with Gasteiger partial charge in [0.2, 0.25) is 0 Å². The highest BCUT2D eigenvalue weighted by molar-refractivity contribution is 8.26. The van der Waals surface area contributed by atoms with E-state index in [0.29, 0.717) is 45.0 Å². The van der Waals surface area contributed by atoms with Crippen LogP contribution >= 0.6 is 47.0 Å². The van der Waals surface area contributed by atoms with Gasteiger partial charge < -0.3 is 18.9 Å². The fourth-order valence-corrected chi connectivity index (χ4v) is 10.4. The van der Waals surface area contributed by atoms with Gasteiger partial charge in [0, 0.05) is 0 Å². The van der Waals surface area contributed by atoms with E-state index >= 15 is 0 Å². The van der Waals surface area contributed by atoms with Crippen LogP contribution in [0, 0.1) is 29.7 Å². The van der Waals surface area contributed by atoms with Crippen molar-refractivity contribution in [1.29, 1.82) is 5.26 Å². The lowest BCUT2D eigenvalue weighted by Crippen LogP contribution is -2.24. The first-order valence-corrected chi connectivity index (χ1v) is 20.8. The maximum absolute atomic E-state index is 13.2. The van der Waals surface area contributed by atoms with Gasteiger partial charge in [0.05, 0.1) is 47.8 Å². The summed E-state index contributed by atoms with van der Waals surface area (Å²) >= 11 is 5.26. The van der Waals surface area contributed by atoms with E-state index in [1.807, 2.05) is 0 Å². The van der Waals surface area contributed by atoms with E-state index in [0.717, 1.165) is 70.9 Å². The summed E-state index contributed by atoms with van der Waals surface area (Å²) in [5.41, 5.74) is -1.67. The lowest BCUT2D eigenvalue weighted by atomic mass is 10.0. The second kappa shape index (κ2) is 18.9. The molecule has 0 aromatic heterocycles. The maximum atomic E-state index is 13.2. The predicted molar refractivity (Wildman–Crippen MR) is 205 cm³/mol. The molecule has 0 N–H and O–H groups in total. The summed E-state index contributed by atoms with van der Waals surface area (Å²) < 4.78 is 25.7. The quantitative estimate of drug-likeness (QED) is 0.0696. The molecule has 0 saturated heterocycles. The molecule has 1 aromatic carbocycles. The Morgan fingerprint density at radius 2 is 1.12 bits per heavy atom. The van der Waals surface area contributed by atoms with Gasteiger partial charge in [-0.3, -0.25) is 4.79 Å². The number of thioether (sulfide) groups is 4. The highest BCUT2D eigenvalue weighted by Gasteiger charge is 2.41. The molecule has 0 saturated carbocycles. The zero-order chi connectivity index (χ0) is 37.2. The van der Waals surface area contributed by atoms with Gasteiger partial charge in [0.15, 0.2) is 5.57 Å². The molecule has 1 aromatic rings. The highest BCUT2D eigenvalue weighted by atomic mass is 32.2. The zero-order valence-electron chi connectivity index (χ0n) is 31.2. The summed E-state index contributed by atoms with van der Waals surface area (Å²) in [5.74, 6) is 0.552. The second-order valence-corrected chi connectivity index (χ2v) is 19.0. The maximum Gasteiger partial charge on any atom is 0.351 e. The zero-order valence-corrected chi connectivity index (χ0v) is 34.5. The van der Waals surface area contributed by atoms with E-state index in [4.69, 9.17) is 25.5 Å². The molecule has 2 aliphatic heterocycles. The van der Waals surface area contributed by atoms with Crippen LogP contribution in [0.3, 0.4) is 0 Å². The van der Waals surface area contributed by atoms with Gasteiger partial charge in [-0.2, -0.15) is 5.26 Å². The monoisotopic (exact) mass is 760 g/mol. The van der Waals surface area contributed by atoms with Crippen molar-refractivity contribution in [2.24, 2.45) is 11.8 Å². The first kappa shape index (κ1) is 42.0. The molecule has 2 aliphatic rings. The van der Waals surface area contributed by atoms with Gasteiger partial charge in [0.1, 0.15) is 28.8 Å². The van der Waals surface area contributed by atoms with Crippen LogP contribution in [0.1, 0.15) is 121 Å². The van der Waals surface area contributed by atoms with Gasteiger partial charge in [-0.05, 0) is 66.2 Å². The molecule has 8 nitrogen and oxygen atoms in total. The van der Waals surface area contributed by atoms with Crippen molar-refractivity contribution in [3.05, 3.63) is 31.2 Å². The lowest BCUT2D eigenvalue weighted by molar-refractivity contribution is -0.150. The van der Waals surface area contributed by atoms with E-state index in [1.165, 1.54) is 47.0 Å². The van der Waals surface area contributed by atoms with Gasteiger partial charge in [0.25, 0.3) is 5.70 Å². The van der Waals surface area contributed by atoms with Crippen LogP contribution in [-0.2, 0) is 19.1 Å². The summed E-state index contributed by atoms with van der Waals surface area (Å²) in [7, 11) is 0. The Hall–Kier alpha value is -2.38. The number of hydrogen-bond donors (Lipinski definition) is 0. The summed E-state index contributed by atoms with van der Waals surface area (Å²) in [5, 5.41) is 10.2. The second-order valence-electron chi connectivity index (χ2n) is 14.4. The van der Waals surface area contributed by atoms with Crippen molar-refractivity contribution < 1.29 is 28.5 Å². The SMILES string of the molecule is [C-]#[N+]C(C(=O)OC(C)(C)C)=C1Sc2c(OCC(CC)CCCC)c3c(c(OCC(CC)CCCC)c2S1)SC(=C(C#N)C(=O)OC(C)(C)C)S3. The van der Waals surface area contributed by atoms with Crippen LogP contribution in [0.4, 0.5) is 0 Å². The molecule has 274 valence electrons. The van der Waals surface area contributed by atoms with Crippen LogP contribution in [0.2, 0.25) is 0 Å². The Bertz CT molecular complexity index is 1400. The predicted octanol–water partition coefficient (Wildman–Crippen LogP) is 11.8. The van der Waals surface area contributed by atoms with Gasteiger partial charge in [-0.1, -0.05) is 113 Å². The number of ether oxygens (including phenoxy) is 4. The smallest absolute Gasteiger partial charge is 0.351 e. The standard InChI is InChI=1S/C38H52N2O6S4/c1-12-16-18-23(14-3)21-43-27-29-30(48-35(47-29)25(20-39)33(41)45-37(5,6)7)28(44-22-24(15-4)19-17-13-2)32-31(27)49-36(50-32)26(40-11)34(42)46-38(8,9)10/h23-24H,12-19,21-22H2,1-10H3. The number of nitriles is 1. The molecule has 2 unspecified atom stereocenters. The number of carbonyl (C=O) groups excluding carboxylic acids is 2. The molecule has 0 amide bonds. The van der Waals surface area contributed by atoms with Crippen molar-refractivity contribution in [2.45, 2.75) is 151 Å². The van der Waals surface area contributed by atoms with Crippen LogP contribution in [0.5, 0.6) is 11.5 Å². The van der Waals surface area contributed by atoms with Crippen molar-refractivity contribution >= 4 is 59.0 Å². The summed E-state index contributed by atoms with van der Waals surface area (Å²) in [6.45, 7) is 28.3. The van der Waals surface area contributed by atoms with Crippen molar-refractivity contribution in [2.75, 3.05) is 13.2 Å². The van der Waals surface area contributed by atoms with E-state index in [9.17, 15) is 14.9 Å². The van der Waals surface area contributed by atoms with Crippen LogP contribution in [0.25, 0.3) is 4.85 Å². The average molecular weight is 761 g/mol. The van der Waals surface area contributed by atoms with Crippen molar-refractivity contribution in [1.82, 2.24) is 0 Å². The molecule has 12 heteroatoms. The van der Waals surface area contributed by atoms with Crippen molar-refractivity contribution in [3.63, 3.8) is 0 Å². The van der Waals surface area contributed by atoms with E-state index in [2.05, 4.69) is 38.6 Å². The number of hydrogen-bond acceptors (Lipinski definition) is 11. The Morgan fingerprint density at radius 3 is 1.46 bits per heavy atom. The first-order chi connectivity index (χ1) is 23.6. The number of nitrogens with zero attached hydrogens (tertiary/aromatic N) is 2. The molecule has 0 radical (unpaired) electrons. The lowest BCUT2D eigenvalue weighted by Gasteiger charge is -2.22. The molecule has 0 bridgehead atoms.